The van der Waals surface area contributed by atoms with Gasteiger partial charge in [0.2, 0.25) is 0 Å². The molecule has 1 aromatic heterocycles. The molecule has 0 spiro atoms. The second-order valence-corrected chi connectivity index (χ2v) is 5.09. The number of hydrogen-bond donors (Lipinski definition) is 1. The van der Waals surface area contributed by atoms with E-state index in [1.165, 1.54) is 16.9 Å². The molecule has 0 radical (unpaired) electrons. The molecule has 0 aliphatic heterocycles. The number of nitrogens with one attached hydrogen (secondary N) is 1. The topological polar surface area (TPSA) is 51.2 Å². The average Bonchev–Trinajstić information content (AvgIpc) is 2.85. The minimum Gasteiger partial charge on any atom is -0.372 e. The first-order valence-electron chi connectivity index (χ1n) is 6.14. The number of rotatable bonds is 6. The molecule has 2 aromatic rings. The number of ether oxygens (including phenoxy) is 1. The third-order valence-electron chi connectivity index (χ3n) is 2.46. The number of amides is 1. The van der Waals surface area contributed by atoms with Gasteiger partial charge in [0.05, 0.1) is 0 Å². The predicted octanol–water partition coefficient (Wildman–Crippen LogP) is 2.71. The van der Waals surface area contributed by atoms with Crippen LogP contribution >= 0.6 is 11.3 Å². The van der Waals surface area contributed by atoms with Gasteiger partial charge >= 0.3 is 0 Å². The molecule has 0 unspecified atom stereocenters. The first-order valence-corrected chi connectivity index (χ1v) is 6.96. The summed E-state index contributed by atoms with van der Waals surface area (Å²) in [6.45, 7) is 2.46. The van der Waals surface area contributed by atoms with Crippen LogP contribution < -0.4 is 5.32 Å². The summed E-state index contributed by atoms with van der Waals surface area (Å²) in [4.78, 5) is 16.8. The standard InChI is InChI=1S/C14H16N2O2S/c1-2-18-10-13(17)16-14-15-9-12(19-14)8-11-6-4-3-5-7-11/h3-7,9H,2,8,10H2,1H3,(H,15,16,17). The summed E-state index contributed by atoms with van der Waals surface area (Å²) in [6, 6.07) is 10.2. The second kappa shape index (κ2) is 7.01. The van der Waals surface area contributed by atoms with Crippen molar-refractivity contribution in [2.24, 2.45) is 0 Å². The summed E-state index contributed by atoms with van der Waals surface area (Å²) < 4.78 is 5.03. The number of thiazole rings is 1. The Morgan fingerprint density at radius 2 is 2.16 bits per heavy atom. The van der Waals surface area contributed by atoms with E-state index in [4.69, 9.17) is 4.74 Å². The van der Waals surface area contributed by atoms with Crippen LogP contribution in [-0.2, 0) is 16.0 Å². The van der Waals surface area contributed by atoms with Crippen molar-refractivity contribution < 1.29 is 9.53 Å². The number of nitrogens with zero attached hydrogens (tertiary/aromatic N) is 1. The van der Waals surface area contributed by atoms with Crippen molar-refractivity contribution in [3.8, 4) is 0 Å². The van der Waals surface area contributed by atoms with Crippen LogP contribution in [0.15, 0.2) is 36.5 Å². The van der Waals surface area contributed by atoms with Gasteiger partial charge in [-0.05, 0) is 12.5 Å². The maximum absolute atomic E-state index is 11.5. The molecular formula is C14H16N2O2S. The average molecular weight is 276 g/mol. The van der Waals surface area contributed by atoms with Crippen molar-refractivity contribution in [1.82, 2.24) is 4.98 Å². The molecule has 100 valence electrons. The van der Waals surface area contributed by atoms with E-state index in [-0.39, 0.29) is 12.5 Å². The third-order valence-corrected chi connectivity index (χ3v) is 3.37. The fourth-order valence-corrected chi connectivity index (χ4v) is 2.46. The molecule has 5 heteroatoms. The lowest BCUT2D eigenvalue weighted by Gasteiger charge is -2.00. The minimum absolute atomic E-state index is 0.0735. The van der Waals surface area contributed by atoms with Crippen LogP contribution in [-0.4, -0.2) is 24.1 Å². The Bertz CT molecular complexity index is 525. The van der Waals surface area contributed by atoms with Gasteiger partial charge in [-0.3, -0.25) is 10.1 Å². The van der Waals surface area contributed by atoms with Gasteiger partial charge in [0.15, 0.2) is 5.13 Å². The summed E-state index contributed by atoms with van der Waals surface area (Å²) in [5, 5.41) is 3.35. The number of aromatic nitrogens is 1. The Morgan fingerprint density at radius 3 is 2.89 bits per heavy atom. The highest BCUT2D eigenvalue weighted by atomic mass is 32.1. The molecule has 0 bridgehead atoms. The van der Waals surface area contributed by atoms with Crippen molar-refractivity contribution in [1.29, 1.82) is 0 Å². The van der Waals surface area contributed by atoms with E-state index in [2.05, 4.69) is 22.4 Å². The summed E-state index contributed by atoms with van der Waals surface area (Å²) in [5.74, 6) is -0.164. The minimum atomic E-state index is -0.164. The maximum atomic E-state index is 11.5. The molecule has 19 heavy (non-hydrogen) atoms. The van der Waals surface area contributed by atoms with Crippen LogP contribution in [0.2, 0.25) is 0 Å². The normalized spacial score (nSPS) is 10.4. The lowest BCUT2D eigenvalue weighted by Crippen LogP contribution is -2.17. The monoisotopic (exact) mass is 276 g/mol. The quantitative estimate of drug-likeness (QED) is 0.882. The zero-order valence-corrected chi connectivity index (χ0v) is 11.6. The van der Waals surface area contributed by atoms with E-state index >= 15 is 0 Å². The van der Waals surface area contributed by atoms with Crippen LogP contribution in [0.3, 0.4) is 0 Å². The summed E-state index contributed by atoms with van der Waals surface area (Å²) in [7, 11) is 0. The second-order valence-electron chi connectivity index (χ2n) is 3.98. The van der Waals surface area contributed by atoms with Gasteiger partial charge in [0, 0.05) is 24.1 Å². The molecule has 0 fully saturated rings. The molecule has 0 saturated heterocycles. The Hall–Kier alpha value is -1.72. The molecule has 1 heterocycles. The Morgan fingerprint density at radius 1 is 1.37 bits per heavy atom. The van der Waals surface area contributed by atoms with Gasteiger partial charge in [-0.25, -0.2) is 4.98 Å². The lowest BCUT2D eigenvalue weighted by molar-refractivity contribution is -0.120. The zero-order chi connectivity index (χ0) is 13.5. The van der Waals surface area contributed by atoms with Crippen LogP contribution in [0.1, 0.15) is 17.4 Å². The Labute approximate surface area is 116 Å². The molecule has 2 rings (SSSR count). The van der Waals surface area contributed by atoms with E-state index in [1.54, 1.807) is 6.20 Å². The fraction of sp³-hybridized carbons (Fsp3) is 0.286. The van der Waals surface area contributed by atoms with Crippen molar-refractivity contribution in [2.75, 3.05) is 18.5 Å². The molecule has 0 aliphatic rings. The van der Waals surface area contributed by atoms with Crippen molar-refractivity contribution in [2.45, 2.75) is 13.3 Å². The first kappa shape index (κ1) is 13.7. The smallest absolute Gasteiger partial charge is 0.252 e. The molecule has 1 aromatic carbocycles. The van der Waals surface area contributed by atoms with Crippen molar-refractivity contribution >= 4 is 22.4 Å². The molecule has 1 amide bonds. The summed E-state index contributed by atoms with van der Waals surface area (Å²) in [6.07, 6.45) is 2.63. The summed E-state index contributed by atoms with van der Waals surface area (Å²) in [5.41, 5.74) is 1.23. The number of carbonyl (C=O) groups is 1. The van der Waals surface area contributed by atoms with Gasteiger partial charge in [-0.15, -0.1) is 11.3 Å². The van der Waals surface area contributed by atoms with Crippen LogP contribution in [0.5, 0.6) is 0 Å². The van der Waals surface area contributed by atoms with Crippen molar-refractivity contribution in [3.05, 3.63) is 47.0 Å². The molecule has 0 atom stereocenters. The molecule has 4 nitrogen and oxygen atoms in total. The largest absolute Gasteiger partial charge is 0.372 e. The number of hydrogen-bond acceptors (Lipinski definition) is 4. The highest BCUT2D eigenvalue weighted by molar-refractivity contribution is 7.15. The first-order chi connectivity index (χ1) is 9.28. The van der Waals surface area contributed by atoms with E-state index in [1.807, 2.05) is 25.1 Å². The van der Waals surface area contributed by atoms with Gasteiger partial charge in [0.25, 0.3) is 5.91 Å². The van der Waals surface area contributed by atoms with Crippen molar-refractivity contribution in [3.63, 3.8) is 0 Å². The molecule has 0 saturated carbocycles. The Balaban J connectivity index is 1.90. The zero-order valence-electron chi connectivity index (χ0n) is 10.8. The van der Waals surface area contributed by atoms with E-state index in [0.29, 0.717) is 11.7 Å². The van der Waals surface area contributed by atoms with Gasteiger partial charge in [-0.1, -0.05) is 30.3 Å². The van der Waals surface area contributed by atoms with Gasteiger partial charge in [-0.2, -0.15) is 0 Å². The maximum Gasteiger partial charge on any atom is 0.252 e. The number of carbonyl (C=O) groups excluding carboxylic acids is 1. The highest BCUT2D eigenvalue weighted by Crippen LogP contribution is 2.20. The number of anilines is 1. The molecule has 1 N–H and O–H groups in total. The highest BCUT2D eigenvalue weighted by Gasteiger charge is 2.07. The van der Waals surface area contributed by atoms with Gasteiger partial charge in [0.1, 0.15) is 6.61 Å². The SMILES string of the molecule is CCOCC(=O)Nc1ncc(Cc2ccccc2)s1. The van der Waals surface area contributed by atoms with E-state index < -0.39 is 0 Å². The molecule has 0 aliphatic carbocycles. The van der Waals surface area contributed by atoms with Gasteiger partial charge < -0.3 is 4.74 Å². The molecular weight excluding hydrogens is 260 g/mol. The van der Waals surface area contributed by atoms with E-state index in [9.17, 15) is 4.79 Å². The van der Waals surface area contributed by atoms with Crippen LogP contribution in [0.4, 0.5) is 5.13 Å². The van der Waals surface area contributed by atoms with E-state index in [0.717, 1.165) is 11.3 Å². The third kappa shape index (κ3) is 4.46. The number of benzene rings is 1. The fourth-order valence-electron chi connectivity index (χ4n) is 1.59. The predicted molar refractivity (Wildman–Crippen MR) is 76.5 cm³/mol. The summed E-state index contributed by atoms with van der Waals surface area (Å²) >= 11 is 1.49. The van der Waals surface area contributed by atoms with Crippen LogP contribution in [0.25, 0.3) is 0 Å². The lowest BCUT2D eigenvalue weighted by atomic mass is 10.1. The van der Waals surface area contributed by atoms with Crippen LogP contribution in [0, 0.1) is 0 Å². The Kier molecular flexibility index (Phi) is 5.06.